The summed E-state index contributed by atoms with van der Waals surface area (Å²) >= 11 is 0. The zero-order valence-corrected chi connectivity index (χ0v) is 15.0. The summed E-state index contributed by atoms with van der Waals surface area (Å²) in [5.41, 5.74) is -2.49. The average molecular weight is 426 g/mol. The molecule has 0 heterocycles. The second-order valence-corrected chi connectivity index (χ2v) is 9.90. The van der Waals surface area contributed by atoms with Crippen molar-refractivity contribution in [3.05, 3.63) is 11.1 Å². The van der Waals surface area contributed by atoms with E-state index in [1.165, 1.54) is 0 Å². The Bertz CT molecular complexity index is 954. The highest BCUT2D eigenvalue weighted by molar-refractivity contribution is 7.90. The number of hydrogen-bond donors (Lipinski definition) is 4. The zero-order valence-electron chi connectivity index (χ0n) is 11.7. The van der Waals surface area contributed by atoms with Gasteiger partial charge in [0.05, 0.1) is 0 Å². The van der Waals surface area contributed by atoms with Gasteiger partial charge >= 0.3 is 0 Å². The van der Waals surface area contributed by atoms with Gasteiger partial charge in [-0.15, -0.1) is 0 Å². The van der Waals surface area contributed by atoms with Crippen molar-refractivity contribution in [2.75, 3.05) is 0 Å². The van der Waals surface area contributed by atoms with Crippen molar-refractivity contribution in [1.82, 2.24) is 0 Å². The molecule has 0 bridgehead atoms. The van der Waals surface area contributed by atoms with Crippen LogP contribution in [0.1, 0.15) is 11.1 Å². The average Bonchev–Trinajstić information content (AvgIpc) is 2.24. The standard InChI is InChI=1S/C8H10O12S4/c1-3-5(21(9,10)11)7(23(15,16)17)4(2)8(24(18,19)20)6(3)22(12,13)14/h1-2H3,(H,9,10,11)(H,12,13,14)(H,15,16,17)(H,18,19,20). The minimum Gasteiger partial charge on any atom is -0.282 e. The maximum atomic E-state index is 11.4. The van der Waals surface area contributed by atoms with Gasteiger partial charge in [0.15, 0.2) is 0 Å². The first-order valence-corrected chi connectivity index (χ1v) is 11.1. The Kier molecular flexibility index (Phi) is 4.96. The minimum atomic E-state index is -5.51. The molecule has 0 aromatic heterocycles. The van der Waals surface area contributed by atoms with Gasteiger partial charge in [-0.05, 0) is 25.0 Å². The molecule has 0 spiro atoms. The summed E-state index contributed by atoms with van der Waals surface area (Å²) in [6.45, 7) is 1.07. The summed E-state index contributed by atoms with van der Waals surface area (Å²) in [5.74, 6) is 0. The smallest absolute Gasteiger partial charge is 0.282 e. The molecule has 1 aromatic carbocycles. The molecule has 0 aliphatic heterocycles. The molecule has 12 nitrogen and oxygen atoms in total. The van der Waals surface area contributed by atoms with Gasteiger partial charge in [-0.1, -0.05) is 0 Å². The van der Waals surface area contributed by atoms with Crippen LogP contribution in [0.3, 0.4) is 0 Å². The molecular formula is C8H10O12S4. The molecule has 0 radical (unpaired) electrons. The van der Waals surface area contributed by atoms with E-state index in [1.807, 2.05) is 0 Å². The third-order valence-electron chi connectivity index (χ3n) is 2.81. The molecule has 0 unspecified atom stereocenters. The monoisotopic (exact) mass is 426 g/mol. The Morgan fingerprint density at radius 1 is 0.458 bits per heavy atom. The molecule has 0 saturated carbocycles. The molecule has 16 heteroatoms. The van der Waals surface area contributed by atoms with Gasteiger partial charge in [0.1, 0.15) is 19.6 Å². The van der Waals surface area contributed by atoms with E-state index in [9.17, 15) is 33.7 Å². The number of rotatable bonds is 4. The van der Waals surface area contributed by atoms with E-state index in [0.717, 1.165) is 0 Å². The second kappa shape index (κ2) is 5.70. The highest BCUT2D eigenvalue weighted by Crippen LogP contribution is 2.38. The normalized spacial score (nSPS) is 13.9. The molecule has 0 atom stereocenters. The Morgan fingerprint density at radius 3 is 0.667 bits per heavy atom. The van der Waals surface area contributed by atoms with Crippen molar-refractivity contribution in [3.63, 3.8) is 0 Å². The number of benzene rings is 1. The van der Waals surface area contributed by atoms with E-state index in [2.05, 4.69) is 0 Å². The molecule has 138 valence electrons. The van der Waals surface area contributed by atoms with Crippen molar-refractivity contribution < 1.29 is 51.9 Å². The fourth-order valence-corrected chi connectivity index (χ4v) is 7.03. The van der Waals surface area contributed by atoms with Crippen LogP contribution in [0, 0.1) is 13.8 Å². The van der Waals surface area contributed by atoms with Gasteiger partial charge in [0.25, 0.3) is 40.5 Å². The predicted octanol–water partition coefficient (Wildman–Crippen LogP) is -0.710. The quantitative estimate of drug-likeness (QED) is 0.439. The first-order valence-electron chi connectivity index (χ1n) is 5.38. The molecule has 24 heavy (non-hydrogen) atoms. The van der Waals surface area contributed by atoms with Crippen LogP contribution in [0.2, 0.25) is 0 Å². The van der Waals surface area contributed by atoms with Crippen LogP contribution in [0.5, 0.6) is 0 Å². The van der Waals surface area contributed by atoms with Crippen molar-refractivity contribution in [3.8, 4) is 0 Å². The van der Waals surface area contributed by atoms with Gasteiger partial charge in [-0.2, -0.15) is 33.7 Å². The summed E-state index contributed by atoms with van der Waals surface area (Å²) in [6.07, 6.45) is 0. The highest BCUT2D eigenvalue weighted by Gasteiger charge is 2.39. The second-order valence-electron chi connectivity index (χ2n) is 4.47. The largest absolute Gasteiger partial charge is 0.296 e. The van der Waals surface area contributed by atoms with Crippen molar-refractivity contribution >= 4 is 40.5 Å². The predicted molar refractivity (Wildman–Crippen MR) is 75.2 cm³/mol. The van der Waals surface area contributed by atoms with Gasteiger partial charge in [-0.3, -0.25) is 18.2 Å². The van der Waals surface area contributed by atoms with Gasteiger partial charge in [0, 0.05) is 0 Å². The van der Waals surface area contributed by atoms with E-state index in [-0.39, 0.29) is 0 Å². The zero-order chi connectivity index (χ0) is 19.5. The summed E-state index contributed by atoms with van der Waals surface area (Å²) < 4.78 is 128. The fourth-order valence-electron chi connectivity index (χ4n) is 2.13. The van der Waals surface area contributed by atoms with Crippen molar-refractivity contribution in [1.29, 1.82) is 0 Å². The lowest BCUT2D eigenvalue weighted by molar-refractivity contribution is 0.453. The molecule has 0 aliphatic rings. The molecule has 0 fully saturated rings. The summed E-state index contributed by atoms with van der Waals surface area (Å²) in [6, 6.07) is 0. The molecule has 0 aliphatic carbocycles. The van der Waals surface area contributed by atoms with Crippen LogP contribution in [-0.2, 0) is 40.5 Å². The number of hydrogen-bond acceptors (Lipinski definition) is 8. The van der Waals surface area contributed by atoms with E-state index < -0.39 is 71.2 Å². The molecular weight excluding hydrogens is 416 g/mol. The first kappa shape index (κ1) is 20.9. The molecule has 4 N–H and O–H groups in total. The van der Waals surface area contributed by atoms with Gasteiger partial charge in [-0.25, -0.2) is 0 Å². The maximum Gasteiger partial charge on any atom is 0.296 e. The lowest BCUT2D eigenvalue weighted by atomic mass is 10.1. The Morgan fingerprint density at radius 2 is 0.583 bits per heavy atom. The van der Waals surface area contributed by atoms with E-state index >= 15 is 0 Å². The molecule has 0 saturated heterocycles. The Labute approximate surface area is 137 Å². The molecule has 1 rings (SSSR count). The summed E-state index contributed by atoms with van der Waals surface area (Å²) in [5, 5.41) is 0. The van der Waals surface area contributed by atoms with Crippen LogP contribution in [0.15, 0.2) is 19.6 Å². The summed E-state index contributed by atoms with van der Waals surface area (Å²) in [4.78, 5) is -6.66. The van der Waals surface area contributed by atoms with Crippen LogP contribution < -0.4 is 0 Å². The Balaban J connectivity index is 4.65. The van der Waals surface area contributed by atoms with Crippen LogP contribution in [0.25, 0.3) is 0 Å². The van der Waals surface area contributed by atoms with Crippen molar-refractivity contribution in [2.24, 2.45) is 0 Å². The SMILES string of the molecule is Cc1c(S(=O)(=O)O)c(S(=O)(=O)O)c(C)c(S(=O)(=O)O)c1S(=O)(=O)O. The third kappa shape index (κ3) is 3.75. The van der Waals surface area contributed by atoms with Crippen LogP contribution in [-0.4, -0.2) is 51.9 Å². The van der Waals surface area contributed by atoms with Crippen molar-refractivity contribution in [2.45, 2.75) is 33.4 Å². The van der Waals surface area contributed by atoms with Crippen LogP contribution in [0.4, 0.5) is 0 Å². The van der Waals surface area contributed by atoms with E-state index in [1.54, 1.807) is 0 Å². The van der Waals surface area contributed by atoms with E-state index in [0.29, 0.717) is 13.8 Å². The molecule has 0 amide bonds. The first-order chi connectivity index (χ1) is 10.3. The highest BCUT2D eigenvalue weighted by atomic mass is 32.2. The third-order valence-corrected chi connectivity index (χ3v) is 7.17. The van der Waals surface area contributed by atoms with E-state index in [4.69, 9.17) is 18.2 Å². The van der Waals surface area contributed by atoms with Gasteiger partial charge in [0.2, 0.25) is 0 Å². The Hall–Kier alpha value is -1.14. The lowest BCUT2D eigenvalue weighted by Gasteiger charge is -2.17. The topological polar surface area (TPSA) is 217 Å². The van der Waals surface area contributed by atoms with Gasteiger partial charge < -0.3 is 0 Å². The molecule has 1 aromatic rings. The fraction of sp³-hybridized carbons (Fsp3) is 0.250. The maximum absolute atomic E-state index is 11.4. The minimum absolute atomic E-state index is 0.537. The van der Waals surface area contributed by atoms with Crippen LogP contribution >= 0.6 is 0 Å². The summed E-state index contributed by atoms with van der Waals surface area (Å²) in [7, 11) is -22.0. The lowest BCUT2D eigenvalue weighted by Crippen LogP contribution is -2.20.